The Bertz CT molecular complexity index is 773. The first-order valence-corrected chi connectivity index (χ1v) is 10.6. The smallest absolute Gasteiger partial charge is 0.326 e. The lowest BCUT2D eigenvalue weighted by Crippen LogP contribution is -2.55. The molecule has 0 aliphatic carbocycles. The summed E-state index contributed by atoms with van der Waals surface area (Å²) in [6.45, 7) is -0.428. The number of primary amides is 1. The molecule has 0 radical (unpaired) electrons. The first-order chi connectivity index (χ1) is 14.6. The van der Waals surface area contributed by atoms with E-state index in [9.17, 15) is 24.0 Å². The zero-order valence-corrected chi connectivity index (χ0v) is 17.7. The van der Waals surface area contributed by atoms with Gasteiger partial charge >= 0.3 is 5.97 Å². The first-order valence-electron chi connectivity index (χ1n) is 9.24. The van der Waals surface area contributed by atoms with Crippen molar-refractivity contribution in [1.29, 1.82) is 0 Å². The molecule has 1 heterocycles. The van der Waals surface area contributed by atoms with Crippen LogP contribution in [0.1, 0.15) is 18.5 Å². The average Bonchev–Trinajstić information content (AvgIpc) is 3.21. The van der Waals surface area contributed by atoms with Gasteiger partial charge in [-0.25, -0.2) is 9.78 Å². The molecule has 0 saturated carbocycles. The molecule has 31 heavy (non-hydrogen) atoms. The Morgan fingerprint density at radius 1 is 1.19 bits per heavy atom. The second kappa shape index (κ2) is 13.2. The molecule has 3 atom stereocenters. The summed E-state index contributed by atoms with van der Waals surface area (Å²) in [6, 6.07) is -3.53. The number of thioether (sulfide) groups is 1. The standard InChI is InChI=1S/C17H27N7O6S/c1-31-3-2-10(18)15(27)21-7-14(26)23-11(4-9-6-20-8-22-9)16(28)24-12(17(29)30)5-13(19)25/h6,8,10-12H,2-5,7,18H2,1H3,(H2,19,25)(H,20,22)(H,21,27)(H,23,26)(H,24,28)(H,29,30). The Morgan fingerprint density at radius 2 is 1.90 bits per heavy atom. The lowest BCUT2D eigenvalue weighted by Gasteiger charge is -2.21. The molecule has 0 saturated heterocycles. The largest absolute Gasteiger partial charge is 0.480 e. The van der Waals surface area contributed by atoms with E-state index in [4.69, 9.17) is 16.6 Å². The van der Waals surface area contributed by atoms with E-state index in [-0.39, 0.29) is 6.42 Å². The Labute approximate surface area is 182 Å². The fraction of sp³-hybridized carbons (Fsp3) is 0.529. The van der Waals surface area contributed by atoms with Crippen molar-refractivity contribution in [3.63, 3.8) is 0 Å². The maximum Gasteiger partial charge on any atom is 0.326 e. The number of H-pyrrole nitrogens is 1. The van der Waals surface area contributed by atoms with Gasteiger partial charge in [0.25, 0.3) is 0 Å². The second-order valence-electron chi connectivity index (χ2n) is 6.58. The highest BCUT2D eigenvalue weighted by Crippen LogP contribution is 2.02. The molecule has 0 spiro atoms. The fourth-order valence-electron chi connectivity index (χ4n) is 2.42. The van der Waals surface area contributed by atoms with Crippen LogP contribution in [0.3, 0.4) is 0 Å². The summed E-state index contributed by atoms with van der Waals surface area (Å²) in [4.78, 5) is 65.7. The lowest BCUT2D eigenvalue weighted by atomic mass is 10.1. The highest BCUT2D eigenvalue weighted by molar-refractivity contribution is 7.98. The van der Waals surface area contributed by atoms with Gasteiger partial charge in [-0.3, -0.25) is 19.2 Å². The van der Waals surface area contributed by atoms with Gasteiger partial charge in [-0.1, -0.05) is 0 Å². The predicted octanol–water partition coefficient (Wildman–Crippen LogP) is -2.92. The quantitative estimate of drug-likeness (QED) is 0.152. The number of rotatable bonds is 14. The number of nitrogens with zero attached hydrogens (tertiary/aromatic N) is 1. The third-order valence-electron chi connectivity index (χ3n) is 4.04. The Hall–Kier alpha value is -3.13. The summed E-state index contributed by atoms with van der Waals surface area (Å²) < 4.78 is 0. The number of imidazole rings is 1. The van der Waals surface area contributed by atoms with E-state index in [0.29, 0.717) is 17.9 Å². The van der Waals surface area contributed by atoms with Crippen LogP contribution in [0.15, 0.2) is 12.5 Å². The number of carbonyl (C=O) groups excluding carboxylic acids is 4. The third-order valence-corrected chi connectivity index (χ3v) is 4.69. The molecule has 0 aromatic carbocycles. The molecule has 1 aromatic rings. The molecule has 0 aliphatic heterocycles. The monoisotopic (exact) mass is 457 g/mol. The molecule has 1 rings (SSSR count). The maximum atomic E-state index is 12.6. The number of aromatic amines is 1. The van der Waals surface area contributed by atoms with Crippen LogP contribution in [0.4, 0.5) is 0 Å². The van der Waals surface area contributed by atoms with Gasteiger partial charge in [0.15, 0.2) is 0 Å². The average molecular weight is 458 g/mol. The van der Waals surface area contributed by atoms with Crippen molar-refractivity contribution in [2.24, 2.45) is 11.5 Å². The molecular weight excluding hydrogens is 430 g/mol. The van der Waals surface area contributed by atoms with Gasteiger partial charge in [-0.05, 0) is 18.4 Å². The van der Waals surface area contributed by atoms with Crippen molar-refractivity contribution in [2.75, 3.05) is 18.6 Å². The van der Waals surface area contributed by atoms with Crippen LogP contribution in [0.2, 0.25) is 0 Å². The molecule has 0 bridgehead atoms. The normalized spacial score (nSPS) is 13.5. The fourth-order valence-corrected chi connectivity index (χ4v) is 2.91. The van der Waals surface area contributed by atoms with E-state index in [2.05, 4.69) is 25.9 Å². The molecular formula is C17H27N7O6S. The molecule has 4 amide bonds. The van der Waals surface area contributed by atoms with Gasteiger partial charge < -0.3 is 37.5 Å². The number of carbonyl (C=O) groups is 5. The van der Waals surface area contributed by atoms with Crippen molar-refractivity contribution < 1.29 is 29.1 Å². The highest BCUT2D eigenvalue weighted by atomic mass is 32.2. The molecule has 1 aromatic heterocycles. The Balaban J connectivity index is 2.75. The number of nitrogens with two attached hydrogens (primary N) is 2. The molecule has 3 unspecified atom stereocenters. The Kier molecular flexibility index (Phi) is 11.1. The topological polar surface area (TPSA) is 222 Å². The Morgan fingerprint density at radius 3 is 2.45 bits per heavy atom. The molecule has 0 aliphatic rings. The second-order valence-corrected chi connectivity index (χ2v) is 7.56. The third kappa shape index (κ3) is 9.95. The van der Waals surface area contributed by atoms with Crippen LogP contribution >= 0.6 is 11.8 Å². The summed E-state index contributed by atoms with van der Waals surface area (Å²) >= 11 is 1.53. The molecule has 9 N–H and O–H groups in total. The van der Waals surface area contributed by atoms with E-state index >= 15 is 0 Å². The minimum absolute atomic E-state index is 0.0400. The van der Waals surface area contributed by atoms with Crippen LogP contribution in [0.5, 0.6) is 0 Å². The number of carboxylic acid groups (broad SMARTS) is 1. The van der Waals surface area contributed by atoms with Crippen molar-refractivity contribution in [2.45, 2.75) is 37.4 Å². The van der Waals surface area contributed by atoms with E-state index in [1.807, 2.05) is 6.26 Å². The van der Waals surface area contributed by atoms with Gasteiger partial charge in [0, 0.05) is 18.3 Å². The zero-order valence-electron chi connectivity index (χ0n) is 16.9. The molecule has 13 nitrogen and oxygen atoms in total. The van der Waals surface area contributed by atoms with Gasteiger partial charge in [0.1, 0.15) is 12.1 Å². The summed E-state index contributed by atoms with van der Waals surface area (Å²) in [6.07, 6.45) is 4.46. The summed E-state index contributed by atoms with van der Waals surface area (Å²) in [5.74, 6) is -3.73. The van der Waals surface area contributed by atoms with Crippen LogP contribution < -0.4 is 27.4 Å². The number of nitrogens with one attached hydrogen (secondary N) is 4. The number of hydrogen-bond donors (Lipinski definition) is 7. The molecule has 172 valence electrons. The van der Waals surface area contributed by atoms with Crippen molar-refractivity contribution in [3.8, 4) is 0 Å². The molecule has 14 heteroatoms. The highest BCUT2D eigenvalue weighted by Gasteiger charge is 2.28. The van der Waals surface area contributed by atoms with Crippen LogP contribution in [-0.4, -0.2) is 81.4 Å². The minimum Gasteiger partial charge on any atom is -0.480 e. The van der Waals surface area contributed by atoms with Gasteiger partial charge in [0.2, 0.25) is 23.6 Å². The van der Waals surface area contributed by atoms with Crippen LogP contribution in [-0.2, 0) is 30.4 Å². The van der Waals surface area contributed by atoms with Crippen LogP contribution in [0.25, 0.3) is 0 Å². The number of carboxylic acids is 1. The van der Waals surface area contributed by atoms with Crippen molar-refractivity contribution in [1.82, 2.24) is 25.9 Å². The number of amides is 4. The SMILES string of the molecule is CSCCC(N)C(=O)NCC(=O)NC(Cc1cnc[nH]1)C(=O)NC(CC(N)=O)C(=O)O. The summed E-state index contributed by atoms with van der Waals surface area (Å²) in [7, 11) is 0. The summed E-state index contributed by atoms with van der Waals surface area (Å²) in [5, 5.41) is 16.1. The number of aromatic nitrogens is 2. The predicted molar refractivity (Wildman–Crippen MR) is 112 cm³/mol. The van der Waals surface area contributed by atoms with Gasteiger partial charge in [-0.2, -0.15) is 11.8 Å². The van der Waals surface area contributed by atoms with E-state index in [1.54, 1.807) is 0 Å². The van der Waals surface area contributed by atoms with Crippen molar-refractivity contribution >= 4 is 41.4 Å². The van der Waals surface area contributed by atoms with E-state index in [1.165, 1.54) is 24.3 Å². The minimum atomic E-state index is -1.56. The van der Waals surface area contributed by atoms with Crippen LogP contribution in [0, 0.1) is 0 Å². The number of hydrogen-bond acceptors (Lipinski definition) is 8. The van der Waals surface area contributed by atoms with E-state index in [0.717, 1.165) is 0 Å². The number of aliphatic carboxylic acids is 1. The lowest BCUT2D eigenvalue weighted by molar-refractivity contribution is -0.143. The van der Waals surface area contributed by atoms with Gasteiger partial charge in [-0.15, -0.1) is 0 Å². The maximum absolute atomic E-state index is 12.6. The van der Waals surface area contributed by atoms with Crippen molar-refractivity contribution in [3.05, 3.63) is 18.2 Å². The summed E-state index contributed by atoms with van der Waals surface area (Å²) in [5.41, 5.74) is 11.2. The van der Waals surface area contributed by atoms with Gasteiger partial charge in [0.05, 0.1) is 25.3 Å². The molecule has 0 fully saturated rings. The zero-order chi connectivity index (χ0) is 23.4. The first kappa shape index (κ1) is 25.9. The van der Waals surface area contributed by atoms with E-state index < -0.39 is 60.7 Å².